The molecule has 3 nitrogen and oxygen atoms in total. The van der Waals surface area contributed by atoms with Crippen molar-refractivity contribution in [2.75, 3.05) is 0 Å². The van der Waals surface area contributed by atoms with Crippen LogP contribution in [0.2, 0.25) is 0 Å². The van der Waals surface area contributed by atoms with E-state index >= 15 is 0 Å². The number of carboxylic acids is 1. The fourth-order valence-corrected chi connectivity index (χ4v) is 2.31. The van der Waals surface area contributed by atoms with E-state index in [-0.39, 0.29) is 0 Å². The molecule has 0 spiro atoms. The maximum Gasteiger partial charge on any atom is 0.377 e. The molecule has 5 heteroatoms. The molecule has 2 N–H and O–H groups in total. The lowest BCUT2D eigenvalue weighted by Crippen LogP contribution is -2.55. The number of halogens is 2. The van der Waals surface area contributed by atoms with Crippen LogP contribution in [0.4, 0.5) is 8.78 Å². The fourth-order valence-electron chi connectivity index (χ4n) is 2.31. The predicted octanol–water partition coefficient (Wildman–Crippen LogP) is 2.43. The fraction of sp³-hybridized carbons (Fsp3) is 0.909. The summed E-state index contributed by atoms with van der Waals surface area (Å²) in [6.45, 7) is 0.942. The second-order valence-corrected chi connectivity index (χ2v) is 4.72. The van der Waals surface area contributed by atoms with E-state index in [2.05, 4.69) is 0 Å². The monoisotopic (exact) mass is 236 g/mol. The first kappa shape index (κ1) is 13.4. The summed E-state index contributed by atoms with van der Waals surface area (Å²) in [6.07, 6.45) is 4.41. The first-order valence-corrected chi connectivity index (χ1v) is 5.63. The highest BCUT2D eigenvalue weighted by molar-refractivity contribution is 5.77. The average molecular weight is 236 g/mol. The molecule has 1 unspecified atom stereocenters. The van der Waals surface area contributed by atoms with Gasteiger partial charge in [-0.3, -0.25) is 0 Å². The highest BCUT2D eigenvalue weighted by Crippen LogP contribution is 2.41. The van der Waals surface area contributed by atoms with Crippen LogP contribution in [0.5, 0.6) is 0 Å². The summed E-state index contributed by atoms with van der Waals surface area (Å²) in [5, 5.41) is 18.3. The van der Waals surface area contributed by atoms with Crippen molar-refractivity contribution in [3.8, 4) is 0 Å². The minimum Gasteiger partial charge on any atom is -0.477 e. The number of hydrogen-bond acceptors (Lipinski definition) is 2. The van der Waals surface area contributed by atoms with E-state index in [1.807, 2.05) is 0 Å². The molecule has 0 aliphatic heterocycles. The van der Waals surface area contributed by atoms with Gasteiger partial charge in [0.15, 0.2) is 0 Å². The van der Waals surface area contributed by atoms with Gasteiger partial charge in [0.2, 0.25) is 0 Å². The molecule has 1 atom stereocenters. The Morgan fingerprint density at radius 1 is 1.19 bits per heavy atom. The van der Waals surface area contributed by atoms with Gasteiger partial charge in [-0.2, -0.15) is 8.78 Å². The SMILES string of the molecule is CC(O)(C1CCCCCC1)C(F)(F)C(=O)O. The second-order valence-electron chi connectivity index (χ2n) is 4.72. The topological polar surface area (TPSA) is 57.5 Å². The Bertz CT molecular complexity index is 256. The van der Waals surface area contributed by atoms with Gasteiger partial charge in [-0.15, -0.1) is 0 Å². The zero-order chi connectivity index (χ0) is 12.4. The molecule has 0 aromatic carbocycles. The van der Waals surface area contributed by atoms with E-state index in [9.17, 15) is 18.7 Å². The van der Waals surface area contributed by atoms with E-state index in [0.717, 1.165) is 32.6 Å². The van der Waals surface area contributed by atoms with Crippen LogP contribution < -0.4 is 0 Å². The summed E-state index contributed by atoms with van der Waals surface area (Å²) >= 11 is 0. The number of rotatable bonds is 3. The van der Waals surface area contributed by atoms with Crippen molar-refractivity contribution in [3.63, 3.8) is 0 Å². The highest BCUT2D eigenvalue weighted by atomic mass is 19.3. The lowest BCUT2D eigenvalue weighted by Gasteiger charge is -2.36. The van der Waals surface area contributed by atoms with E-state index in [0.29, 0.717) is 12.8 Å². The van der Waals surface area contributed by atoms with Crippen molar-refractivity contribution < 1.29 is 23.8 Å². The molecule has 1 aliphatic carbocycles. The van der Waals surface area contributed by atoms with Crippen LogP contribution in [-0.2, 0) is 4.79 Å². The summed E-state index contributed by atoms with van der Waals surface area (Å²) in [5.74, 6) is -6.97. The molecule has 0 heterocycles. The molecule has 0 aromatic heterocycles. The van der Waals surface area contributed by atoms with Gasteiger partial charge in [0, 0.05) is 0 Å². The van der Waals surface area contributed by atoms with Crippen molar-refractivity contribution in [2.45, 2.75) is 57.0 Å². The molecule has 1 saturated carbocycles. The molecule has 16 heavy (non-hydrogen) atoms. The van der Waals surface area contributed by atoms with Crippen molar-refractivity contribution in [1.82, 2.24) is 0 Å². The summed E-state index contributed by atoms with van der Waals surface area (Å²) in [7, 11) is 0. The van der Waals surface area contributed by atoms with Crippen molar-refractivity contribution >= 4 is 5.97 Å². The summed E-state index contributed by atoms with van der Waals surface area (Å²) < 4.78 is 26.8. The Labute approximate surface area is 93.5 Å². The zero-order valence-electron chi connectivity index (χ0n) is 9.38. The molecule has 0 saturated heterocycles. The Kier molecular flexibility index (Phi) is 3.88. The Hall–Kier alpha value is -0.710. The molecule has 0 amide bonds. The van der Waals surface area contributed by atoms with Gasteiger partial charge in [0.05, 0.1) is 0 Å². The van der Waals surface area contributed by atoms with Gasteiger partial charge in [-0.1, -0.05) is 25.7 Å². The maximum atomic E-state index is 13.4. The number of carbonyl (C=O) groups is 1. The van der Waals surface area contributed by atoms with Gasteiger partial charge in [-0.05, 0) is 25.7 Å². The summed E-state index contributed by atoms with van der Waals surface area (Å²) in [6, 6.07) is 0. The van der Waals surface area contributed by atoms with Crippen LogP contribution in [0, 0.1) is 5.92 Å². The quantitative estimate of drug-likeness (QED) is 0.740. The van der Waals surface area contributed by atoms with Crippen LogP contribution in [0.25, 0.3) is 0 Å². The third kappa shape index (κ3) is 2.34. The Balaban J connectivity index is 2.85. The molecular weight excluding hydrogens is 218 g/mol. The average Bonchev–Trinajstić information content (AvgIpc) is 2.45. The van der Waals surface area contributed by atoms with Gasteiger partial charge in [-0.25, -0.2) is 4.79 Å². The minimum absolute atomic E-state index is 0.468. The van der Waals surface area contributed by atoms with Crippen LogP contribution in [0.15, 0.2) is 0 Å². The van der Waals surface area contributed by atoms with Crippen molar-refractivity contribution in [2.24, 2.45) is 5.92 Å². The second kappa shape index (κ2) is 4.65. The van der Waals surface area contributed by atoms with Crippen LogP contribution in [0.1, 0.15) is 45.4 Å². The Morgan fingerprint density at radius 3 is 2.00 bits per heavy atom. The third-order valence-electron chi connectivity index (χ3n) is 3.55. The standard InChI is InChI=1S/C11H18F2O3/c1-10(16,11(12,13)9(14)15)8-6-4-2-3-5-7-8/h8,16H,2-7H2,1H3,(H,14,15). The molecule has 0 aromatic rings. The molecular formula is C11H18F2O3. The van der Waals surface area contributed by atoms with Crippen LogP contribution >= 0.6 is 0 Å². The van der Waals surface area contributed by atoms with Crippen molar-refractivity contribution in [1.29, 1.82) is 0 Å². The predicted molar refractivity (Wildman–Crippen MR) is 54.4 cm³/mol. The van der Waals surface area contributed by atoms with Gasteiger partial charge in [0.25, 0.3) is 0 Å². The molecule has 1 rings (SSSR count). The van der Waals surface area contributed by atoms with E-state index < -0.39 is 23.4 Å². The number of alkyl halides is 2. The minimum atomic E-state index is -4.08. The maximum absolute atomic E-state index is 13.4. The van der Waals surface area contributed by atoms with Gasteiger partial charge < -0.3 is 10.2 Å². The van der Waals surface area contributed by atoms with Crippen LogP contribution in [-0.4, -0.2) is 27.7 Å². The lowest BCUT2D eigenvalue weighted by molar-refractivity contribution is -0.218. The van der Waals surface area contributed by atoms with E-state index in [4.69, 9.17) is 5.11 Å². The first-order valence-electron chi connectivity index (χ1n) is 5.63. The lowest BCUT2D eigenvalue weighted by atomic mass is 9.79. The zero-order valence-corrected chi connectivity index (χ0v) is 9.38. The van der Waals surface area contributed by atoms with Crippen molar-refractivity contribution in [3.05, 3.63) is 0 Å². The number of hydrogen-bond donors (Lipinski definition) is 2. The summed E-state index contributed by atoms with van der Waals surface area (Å²) in [5.41, 5.74) is -2.46. The van der Waals surface area contributed by atoms with Gasteiger partial charge >= 0.3 is 11.9 Å². The number of aliphatic hydroxyl groups is 1. The number of carboxylic acid groups (broad SMARTS) is 1. The first-order chi connectivity index (χ1) is 7.30. The number of aliphatic carboxylic acids is 1. The highest BCUT2D eigenvalue weighted by Gasteiger charge is 2.59. The Morgan fingerprint density at radius 2 is 1.62 bits per heavy atom. The smallest absolute Gasteiger partial charge is 0.377 e. The molecule has 1 aliphatic rings. The van der Waals surface area contributed by atoms with E-state index in [1.54, 1.807) is 0 Å². The normalized spacial score (nSPS) is 23.5. The summed E-state index contributed by atoms with van der Waals surface area (Å²) in [4.78, 5) is 10.5. The molecule has 0 bridgehead atoms. The van der Waals surface area contributed by atoms with Gasteiger partial charge in [0.1, 0.15) is 5.60 Å². The molecule has 0 radical (unpaired) electrons. The van der Waals surface area contributed by atoms with Crippen LogP contribution in [0.3, 0.4) is 0 Å². The third-order valence-corrected chi connectivity index (χ3v) is 3.55. The molecule has 1 fully saturated rings. The van der Waals surface area contributed by atoms with E-state index in [1.165, 1.54) is 0 Å². The largest absolute Gasteiger partial charge is 0.477 e. The molecule has 94 valence electrons.